The number of carbonyl (C=O) groups is 1. The molecule has 0 amide bonds. The van der Waals surface area contributed by atoms with Crippen LogP contribution in [0.25, 0.3) is 0 Å². The fourth-order valence-electron chi connectivity index (χ4n) is 2.31. The summed E-state index contributed by atoms with van der Waals surface area (Å²) in [6.45, 7) is 13.3. The van der Waals surface area contributed by atoms with Crippen molar-refractivity contribution in [2.24, 2.45) is 0 Å². The average Bonchev–Trinajstić information content (AvgIpc) is 2.37. The van der Waals surface area contributed by atoms with E-state index in [1.807, 2.05) is 13.8 Å². The Kier molecular flexibility index (Phi) is 9.98. The van der Waals surface area contributed by atoms with Crippen molar-refractivity contribution in [3.63, 3.8) is 0 Å². The topological polar surface area (TPSA) is 43.8 Å². The van der Waals surface area contributed by atoms with Gasteiger partial charge in [-0.2, -0.15) is 0 Å². The molecule has 4 nitrogen and oxygen atoms in total. The Morgan fingerprint density at radius 2 is 1.67 bits per heavy atom. The van der Waals surface area contributed by atoms with Gasteiger partial charge >= 0.3 is 5.97 Å². The first-order chi connectivity index (χ1) is 8.60. The van der Waals surface area contributed by atoms with Gasteiger partial charge in [0, 0.05) is 6.54 Å². The average molecular weight is 258 g/mol. The second-order valence-electron chi connectivity index (χ2n) is 4.65. The molecule has 0 fully saturated rings. The van der Waals surface area contributed by atoms with E-state index in [9.17, 15) is 9.90 Å². The first-order valence-corrected chi connectivity index (χ1v) is 7.29. The van der Waals surface area contributed by atoms with Gasteiger partial charge in [0.05, 0.1) is 0 Å². The number of hydrogen-bond donors (Lipinski definition) is 1. The van der Waals surface area contributed by atoms with Crippen LogP contribution in [0.1, 0.15) is 47.0 Å². The Labute approximate surface area is 112 Å². The summed E-state index contributed by atoms with van der Waals surface area (Å²) in [7, 11) is 0. The molecular weight excluding hydrogens is 228 g/mol. The predicted molar refractivity (Wildman–Crippen MR) is 76.0 cm³/mol. The van der Waals surface area contributed by atoms with Gasteiger partial charge in [-0.3, -0.25) is 9.69 Å². The summed E-state index contributed by atoms with van der Waals surface area (Å²) in [4.78, 5) is 15.7. The quantitative estimate of drug-likeness (QED) is 0.617. The molecule has 0 heterocycles. The van der Waals surface area contributed by atoms with Crippen LogP contribution in [0.15, 0.2) is 0 Å². The van der Waals surface area contributed by atoms with Crippen LogP contribution in [0.5, 0.6) is 0 Å². The van der Waals surface area contributed by atoms with Crippen LogP contribution in [0, 0.1) is 0 Å². The van der Waals surface area contributed by atoms with E-state index in [0.717, 1.165) is 52.0 Å². The van der Waals surface area contributed by atoms with Gasteiger partial charge in [0.25, 0.3) is 0 Å². The smallest absolute Gasteiger partial charge is 0.320 e. The molecule has 0 spiro atoms. The van der Waals surface area contributed by atoms with Gasteiger partial charge in [-0.1, -0.05) is 34.1 Å². The summed E-state index contributed by atoms with van der Waals surface area (Å²) in [5.41, 5.74) is 0. The Hall–Kier alpha value is -0.610. The molecule has 0 radical (unpaired) electrons. The predicted octanol–water partition coefficient (Wildman–Crippen LogP) is 2.29. The van der Waals surface area contributed by atoms with Crippen LogP contribution in [-0.4, -0.2) is 59.6 Å². The maximum atomic E-state index is 11.2. The highest BCUT2D eigenvalue weighted by Gasteiger charge is 2.22. The second-order valence-corrected chi connectivity index (χ2v) is 4.65. The van der Waals surface area contributed by atoms with E-state index in [4.69, 9.17) is 0 Å². The van der Waals surface area contributed by atoms with Crippen molar-refractivity contribution in [1.82, 2.24) is 9.80 Å². The van der Waals surface area contributed by atoms with Gasteiger partial charge in [-0.25, -0.2) is 0 Å². The van der Waals surface area contributed by atoms with E-state index < -0.39 is 5.97 Å². The fraction of sp³-hybridized carbons (Fsp3) is 0.929. The molecule has 0 saturated heterocycles. The third kappa shape index (κ3) is 6.36. The maximum absolute atomic E-state index is 11.2. The summed E-state index contributed by atoms with van der Waals surface area (Å²) < 4.78 is 0. The zero-order chi connectivity index (χ0) is 14.0. The number of likely N-dealkylation sites (N-methyl/N-ethyl adjacent to an activating group) is 1. The lowest BCUT2D eigenvalue weighted by Crippen LogP contribution is -2.42. The highest BCUT2D eigenvalue weighted by Crippen LogP contribution is 2.08. The molecule has 0 aliphatic carbocycles. The second kappa shape index (κ2) is 10.3. The van der Waals surface area contributed by atoms with Gasteiger partial charge < -0.3 is 10.0 Å². The van der Waals surface area contributed by atoms with Gasteiger partial charge in [-0.05, 0) is 39.0 Å². The largest absolute Gasteiger partial charge is 0.480 e. The van der Waals surface area contributed by atoms with Crippen molar-refractivity contribution in [2.75, 3.05) is 32.7 Å². The third-order valence-corrected chi connectivity index (χ3v) is 3.51. The van der Waals surface area contributed by atoms with Crippen LogP contribution in [0.4, 0.5) is 0 Å². The number of aliphatic carboxylic acids is 1. The highest BCUT2D eigenvalue weighted by molar-refractivity contribution is 5.73. The molecule has 0 aromatic rings. The molecule has 0 aromatic carbocycles. The van der Waals surface area contributed by atoms with Crippen molar-refractivity contribution in [3.05, 3.63) is 0 Å². The molecule has 0 rings (SSSR count). The van der Waals surface area contributed by atoms with E-state index in [0.29, 0.717) is 0 Å². The normalized spacial score (nSPS) is 13.2. The number of rotatable bonds is 11. The van der Waals surface area contributed by atoms with Crippen LogP contribution in [0.3, 0.4) is 0 Å². The molecule has 0 bridgehead atoms. The summed E-state index contributed by atoms with van der Waals surface area (Å²) in [6, 6.07) is -0.309. The van der Waals surface area contributed by atoms with Gasteiger partial charge in [0.15, 0.2) is 0 Å². The molecule has 0 saturated carbocycles. The Balaban J connectivity index is 4.18. The highest BCUT2D eigenvalue weighted by atomic mass is 16.4. The Morgan fingerprint density at radius 3 is 2.06 bits per heavy atom. The van der Waals surface area contributed by atoms with Crippen LogP contribution in [-0.2, 0) is 4.79 Å². The van der Waals surface area contributed by atoms with E-state index in [2.05, 4.69) is 23.6 Å². The minimum Gasteiger partial charge on any atom is -0.480 e. The molecular formula is C14H30N2O2. The monoisotopic (exact) mass is 258 g/mol. The third-order valence-electron chi connectivity index (χ3n) is 3.51. The number of nitrogens with zero attached hydrogens (tertiary/aromatic N) is 2. The molecule has 0 aliphatic rings. The van der Waals surface area contributed by atoms with Crippen molar-refractivity contribution in [1.29, 1.82) is 0 Å². The molecule has 1 atom stereocenters. The van der Waals surface area contributed by atoms with Crippen LogP contribution in [0.2, 0.25) is 0 Å². The first kappa shape index (κ1) is 17.4. The van der Waals surface area contributed by atoms with Gasteiger partial charge in [0.1, 0.15) is 6.04 Å². The van der Waals surface area contributed by atoms with Crippen molar-refractivity contribution < 1.29 is 9.90 Å². The summed E-state index contributed by atoms with van der Waals surface area (Å²) in [5, 5.41) is 9.25. The molecule has 0 aromatic heterocycles. The zero-order valence-corrected chi connectivity index (χ0v) is 12.5. The van der Waals surface area contributed by atoms with E-state index >= 15 is 0 Å². The summed E-state index contributed by atoms with van der Waals surface area (Å²) in [6.07, 6.45) is 2.71. The molecule has 1 unspecified atom stereocenters. The van der Waals surface area contributed by atoms with Gasteiger partial charge in [-0.15, -0.1) is 0 Å². The number of hydrogen-bond acceptors (Lipinski definition) is 3. The van der Waals surface area contributed by atoms with Crippen LogP contribution < -0.4 is 0 Å². The Morgan fingerprint density at radius 1 is 1.06 bits per heavy atom. The van der Waals surface area contributed by atoms with Crippen molar-refractivity contribution in [3.8, 4) is 0 Å². The van der Waals surface area contributed by atoms with E-state index in [1.54, 1.807) is 0 Å². The summed E-state index contributed by atoms with van der Waals surface area (Å²) >= 11 is 0. The molecule has 108 valence electrons. The van der Waals surface area contributed by atoms with Crippen molar-refractivity contribution >= 4 is 5.97 Å². The summed E-state index contributed by atoms with van der Waals surface area (Å²) in [5.74, 6) is -0.679. The Bertz CT molecular complexity index is 218. The zero-order valence-electron chi connectivity index (χ0n) is 12.5. The SMILES string of the molecule is CCCC(C(=O)O)N(CC)CCCN(CC)CC. The molecule has 4 heteroatoms. The lowest BCUT2D eigenvalue weighted by Gasteiger charge is -2.28. The standard InChI is InChI=1S/C14H30N2O2/c1-5-10-13(14(17)18)16(8-4)12-9-11-15(6-2)7-3/h13H,5-12H2,1-4H3,(H,17,18). The molecule has 1 N–H and O–H groups in total. The molecule has 18 heavy (non-hydrogen) atoms. The minimum absolute atomic E-state index is 0.309. The maximum Gasteiger partial charge on any atom is 0.320 e. The fourth-order valence-corrected chi connectivity index (χ4v) is 2.31. The first-order valence-electron chi connectivity index (χ1n) is 7.29. The van der Waals surface area contributed by atoms with Crippen molar-refractivity contribution in [2.45, 2.75) is 53.0 Å². The minimum atomic E-state index is -0.679. The lowest BCUT2D eigenvalue weighted by molar-refractivity contribution is -0.143. The van der Waals surface area contributed by atoms with E-state index in [-0.39, 0.29) is 6.04 Å². The van der Waals surface area contributed by atoms with E-state index in [1.165, 1.54) is 0 Å². The lowest BCUT2D eigenvalue weighted by atomic mass is 10.1. The number of carboxylic acids is 1. The molecule has 0 aliphatic heterocycles. The number of carboxylic acid groups (broad SMARTS) is 1. The van der Waals surface area contributed by atoms with Gasteiger partial charge in [0.2, 0.25) is 0 Å². The van der Waals surface area contributed by atoms with Crippen LogP contribution >= 0.6 is 0 Å².